The van der Waals surface area contributed by atoms with Crippen molar-refractivity contribution in [2.24, 2.45) is 0 Å². The zero-order valence-electron chi connectivity index (χ0n) is 15.8. The Kier molecular flexibility index (Phi) is 8.95. The molecule has 0 saturated heterocycles. The molecule has 0 aliphatic rings. The quantitative estimate of drug-likeness (QED) is 0.525. The third kappa shape index (κ3) is 6.63. The first-order chi connectivity index (χ1) is 12.6. The summed E-state index contributed by atoms with van der Waals surface area (Å²) in [6.45, 7) is 7.63. The summed E-state index contributed by atoms with van der Waals surface area (Å²) in [4.78, 5) is 0. The fraction of sp³-hybridized carbons (Fsp3) is 0.429. The Labute approximate surface area is 165 Å². The van der Waals surface area contributed by atoms with Crippen LogP contribution in [0.25, 0.3) is 0 Å². The number of aryl methyl sites for hydroxylation is 1. The van der Waals surface area contributed by atoms with Crippen molar-refractivity contribution in [2.75, 3.05) is 26.9 Å². The summed E-state index contributed by atoms with van der Waals surface area (Å²) in [6.07, 6.45) is 0.994. The standard InChI is InChI=1S/C21H28BrNO3/c1-4-25-20-13-18(14-23-9-6-10-24-3)12-19(22)21(20)26-15-17-8-5-7-16(2)11-17/h5,7-8,11-13,23H,4,6,9-10,14-15H2,1-3H3. The molecular weight excluding hydrogens is 394 g/mol. The van der Waals surface area contributed by atoms with E-state index in [4.69, 9.17) is 14.2 Å². The molecule has 4 nitrogen and oxygen atoms in total. The number of hydrogen-bond donors (Lipinski definition) is 1. The first-order valence-electron chi connectivity index (χ1n) is 8.97. The molecule has 0 fully saturated rings. The number of ether oxygens (including phenoxy) is 3. The second kappa shape index (κ2) is 11.2. The molecule has 0 aromatic heterocycles. The zero-order valence-corrected chi connectivity index (χ0v) is 17.4. The molecule has 26 heavy (non-hydrogen) atoms. The molecule has 0 aliphatic heterocycles. The molecule has 0 aliphatic carbocycles. The molecule has 0 heterocycles. The number of nitrogens with one attached hydrogen (secondary N) is 1. The van der Waals surface area contributed by atoms with Crippen LogP contribution in [0.3, 0.4) is 0 Å². The molecule has 2 aromatic carbocycles. The Morgan fingerprint density at radius 1 is 1.08 bits per heavy atom. The Hall–Kier alpha value is -1.56. The molecule has 2 rings (SSSR count). The maximum absolute atomic E-state index is 6.07. The summed E-state index contributed by atoms with van der Waals surface area (Å²) in [5.74, 6) is 1.51. The normalized spacial score (nSPS) is 10.8. The van der Waals surface area contributed by atoms with Gasteiger partial charge in [-0.1, -0.05) is 29.8 Å². The molecule has 0 atom stereocenters. The summed E-state index contributed by atoms with van der Waals surface area (Å²) in [6, 6.07) is 12.5. The third-order valence-electron chi connectivity index (χ3n) is 3.87. The second-order valence-corrected chi connectivity index (χ2v) is 6.99. The molecule has 0 saturated carbocycles. The number of halogens is 1. The van der Waals surface area contributed by atoms with Crippen molar-refractivity contribution in [3.63, 3.8) is 0 Å². The van der Waals surface area contributed by atoms with Crippen molar-refractivity contribution in [1.82, 2.24) is 5.32 Å². The van der Waals surface area contributed by atoms with Gasteiger partial charge in [0.05, 0.1) is 11.1 Å². The van der Waals surface area contributed by atoms with Crippen LogP contribution >= 0.6 is 15.9 Å². The van der Waals surface area contributed by atoms with Gasteiger partial charge in [0.25, 0.3) is 0 Å². The molecule has 0 amide bonds. The van der Waals surface area contributed by atoms with Gasteiger partial charge in [-0.3, -0.25) is 0 Å². The fourth-order valence-electron chi connectivity index (χ4n) is 2.66. The van der Waals surface area contributed by atoms with E-state index in [0.717, 1.165) is 53.2 Å². The van der Waals surface area contributed by atoms with E-state index in [1.54, 1.807) is 7.11 Å². The predicted octanol–water partition coefficient (Wildman–Crippen LogP) is 4.86. The van der Waals surface area contributed by atoms with Gasteiger partial charge in [0.2, 0.25) is 0 Å². The number of methoxy groups -OCH3 is 1. The Morgan fingerprint density at radius 2 is 1.92 bits per heavy atom. The van der Waals surface area contributed by atoms with E-state index in [2.05, 4.69) is 52.4 Å². The Bertz CT molecular complexity index is 691. The summed E-state index contributed by atoms with van der Waals surface area (Å²) < 4.78 is 17.9. The minimum absolute atomic E-state index is 0.509. The lowest BCUT2D eigenvalue weighted by Crippen LogP contribution is -2.16. The monoisotopic (exact) mass is 421 g/mol. The van der Waals surface area contributed by atoms with E-state index in [-0.39, 0.29) is 0 Å². The van der Waals surface area contributed by atoms with Gasteiger partial charge in [0.15, 0.2) is 11.5 Å². The van der Waals surface area contributed by atoms with Gasteiger partial charge in [0.1, 0.15) is 6.61 Å². The van der Waals surface area contributed by atoms with E-state index < -0.39 is 0 Å². The molecule has 0 radical (unpaired) electrons. The van der Waals surface area contributed by atoms with Crippen LogP contribution in [0.2, 0.25) is 0 Å². The van der Waals surface area contributed by atoms with Crippen molar-refractivity contribution in [2.45, 2.75) is 33.4 Å². The molecule has 142 valence electrons. The van der Waals surface area contributed by atoms with Gasteiger partial charge in [-0.25, -0.2) is 0 Å². The lowest BCUT2D eigenvalue weighted by atomic mass is 10.1. The van der Waals surface area contributed by atoms with Crippen LogP contribution in [0.15, 0.2) is 40.9 Å². The van der Waals surface area contributed by atoms with Crippen LogP contribution in [0, 0.1) is 6.92 Å². The molecule has 2 aromatic rings. The molecule has 0 spiro atoms. The highest BCUT2D eigenvalue weighted by Gasteiger charge is 2.12. The van der Waals surface area contributed by atoms with Gasteiger partial charge in [0, 0.05) is 20.3 Å². The van der Waals surface area contributed by atoms with Crippen LogP contribution in [-0.2, 0) is 17.9 Å². The summed E-state index contributed by atoms with van der Waals surface area (Å²) in [5.41, 5.74) is 3.52. The van der Waals surface area contributed by atoms with Crippen molar-refractivity contribution in [1.29, 1.82) is 0 Å². The topological polar surface area (TPSA) is 39.7 Å². The minimum Gasteiger partial charge on any atom is -0.490 e. The molecular formula is C21H28BrNO3. The lowest BCUT2D eigenvalue weighted by Gasteiger charge is -2.16. The average molecular weight is 422 g/mol. The zero-order chi connectivity index (χ0) is 18.8. The smallest absolute Gasteiger partial charge is 0.175 e. The maximum Gasteiger partial charge on any atom is 0.175 e. The highest BCUT2D eigenvalue weighted by atomic mass is 79.9. The van der Waals surface area contributed by atoms with Crippen molar-refractivity contribution in [3.05, 3.63) is 57.6 Å². The van der Waals surface area contributed by atoms with Crippen LogP contribution in [0.4, 0.5) is 0 Å². The number of rotatable bonds is 11. The number of hydrogen-bond acceptors (Lipinski definition) is 4. The first-order valence-corrected chi connectivity index (χ1v) is 9.76. The van der Waals surface area contributed by atoms with Gasteiger partial charge >= 0.3 is 0 Å². The van der Waals surface area contributed by atoms with Crippen molar-refractivity contribution >= 4 is 15.9 Å². The van der Waals surface area contributed by atoms with Crippen molar-refractivity contribution < 1.29 is 14.2 Å². The third-order valence-corrected chi connectivity index (χ3v) is 4.45. The van der Waals surface area contributed by atoms with Crippen LogP contribution in [-0.4, -0.2) is 26.9 Å². The SMILES string of the molecule is CCOc1cc(CNCCCOC)cc(Br)c1OCc1cccc(C)c1. The summed E-state index contributed by atoms with van der Waals surface area (Å²) in [5, 5.41) is 3.42. The molecule has 0 bridgehead atoms. The van der Waals surface area contributed by atoms with Crippen LogP contribution in [0.1, 0.15) is 30.0 Å². The van der Waals surface area contributed by atoms with Crippen molar-refractivity contribution in [3.8, 4) is 11.5 Å². The van der Waals surface area contributed by atoms with Gasteiger partial charge in [-0.05, 0) is 66.0 Å². The largest absolute Gasteiger partial charge is 0.490 e. The summed E-state index contributed by atoms with van der Waals surface area (Å²) >= 11 is 3.64. The minimum atomic E-state index is 0.509. The van der Waals surface area contributed by atoms with E-state index >= 15 is 0 Å². The Morgan fingerprint density at radius 3 is 2.65 bits per heavy atom. The molecule has 1 N–H and O–H groups in total. The average Bonchev–Trinajstić information content (AvgIpc) is 2.61. The van der Waals surface area contributed by atoms with Gasteiger partial charge < -0.3 is 19.5 Å². The highest BCUT2D eigenvalue weighted by molar-refractivity contribution is 9.10. The second-order valence-electron chi connectivity index (χ2n) is 6.14. The van der Waals surface area contributed by atoms with Crippen LogP contribution < -0.4 is 14.8 Å². The first kappa shape index (κ1) is 20.7. The fourth-order valence-corrected chi connectivity index (χ4v) is 3.26. The van der Waals surface area contributed by atoms with Gasteiger partial charge in [-0.2, -0.15) is 0 Å². The van der Waals surface area contributed by atoms with E-state index in [1.165, 1.54) is 5.56 Å². The lowest BCUT2D eigenvalue weighted by molar-refractivity contribution is 0.194. The van der Waals surface area contributed by atoms with E-state index in [1.807, 2.05) is 19.1 Å². The summed E-state index contributed by atoms with van der Waals surface area (Å²) in [7, 11) is 1.72. The maximum atomic E-state index is 6.07. The Balaban J connectivity index is 2.05. The predicted molar refractivity (Wildman–Crippen MR) is 109 cm³/mol. The van der Waals surface area contributed by atoms with E-state index in [0.29, 0.717) is 13.2 Å². The molecule has 5 heteroatoms. The number of benzene rings is 2. The van der Waals surface area contributed by atoms with Gasteiger partial charge in [-0.15, -0.1) is 0 Å². The van der Waals surface area contributed by atoms with Crippen LogP contribution in [0.5, 0.6) is 11.5 Å². The molecule has 0 unspecified atom stereocenters. The van der Waals surface area contributed by atoms with E-state index in [9.17, 15) is 0 Å². The highest BCUT2D eigenvalue weighted by Crippen LogP contribution is 2.37.